The fourth-order valence-corrected chi connectivity index (χ4v) is 8.18. The monoisotopic (exact) mass is 389 g/mol. The normalized spacial score (nSPS) is 48.0. The van der Waals surface area contributed by atoms with E-state index < -0.39 is 11.8 Å². The lowest BCUT2D eigenvalue weighted by molar-refractivity contribution is -0.294. The van der Waals surface area contributed by atoms with Crippen LogP contribution in [0.5, 0.6) is 0 Å². The van der Waals surface area contributed by atoms with Crippen LogP contribution in [0.4, 0.5) is 0 Å². The number of likely N-dealkylation sites (tertiary alicyclic amines) is 1. The third-order valence-electron chi connectivity index (χ3n) is 9.45. The lowest BCUT2D eigenvalue weighted by atomic mass is 9.50. The minimum atomic E-state index is -0.586. The molecule has 1 N–H and O–H groups in total. The topological polar surface area (TPSA) is 59.0 Å². The van der Waals surface area contributed by atoms with Crippen molar-refractivity contribution in [2.75, 3.05) is 33.9 Å². The summed E-state index contributed by atoms with van der Waals surface area (Å²) in [6.07, 6.45) is 8.26. The van der Waals surface area contributed by atoms with Crippen LogP contribution in [0, 0.1) is 28.6 Å². The fraction of sp³-hybridized carbons (Fsp3) is 0.870. The van der Waals surface area contributed by atoms with Crippen molar-refractivity contribution in [1.82, 2.24) is 4.90 Å². The molecular weight excluding hydrogens is 354 g/mol. The Hall–Kier alpha value is -0.910. The van der Waals surface area contributed by atoms with Crippen LogP contribution in [0.15, 0.2) is 11.1 Å². The van der Waals surface area contributed by atoms with Gasteiger partial charge < -0.3 is 19.5 Å². The van der Waals surface area contributed by atoms with Gasteiger partial charge in [-0.2, -0.15) is 0 Å². The van der Waals surface area contributed by atoms with Gasteiger partial charge in [0, 0.05) is 37.5 Å². The maximum Gasteiger partial charge on any atom is 0.307 e. The van der Waals surface area contributed by atoms with Crippen LogP contribution in [0.2, 0.25) is 0 Å². The average molecular weight is 390 g/mol. The highest BCUT2D eigenvalue weighted by atomic mass is 16.7. The highest BCUT2D eigenvalue weighted by Gasteiger charge is 2.69. The quantitative estimate of drug-likeness (QED) is 0.746. The number of rotatable bonds is 3. The van der Waals surface area contributed by atoms with Crippen molar-refractivity contribution < 1.29 is 19.4 Å². The first-order valence-corrected chi connectivity index (χ1v) is 11.2. The van der Waals surface area contributed by atoms with Crippen LogP contribution in [-0.2, 0) is 14.3 Å². The number of piperidine rings is 1. The largest absolute Gasteiger partial charge is 0.481 e. The first-order valence-electron chi connectivity index (χ1n) is 11.2. The maximum atomic E-state index is 12.2. The van der Waals surface area contributed by atoms with Gasteiger partial charge in [-0.25, -0.2) is 0 Å². The molecule has 3 fully saturated rings. The minimum Gasteiger partial charge on any atom is -0.481 e. The van der Waals surface area contributed by atoms with Gasteiger partial charge >= 0.3 is 5.97 Å². The van der Waals surface area contributed by atoms with E-state index in [9.17, 15) is 9.90 Å². The Morgan fingerprint density at radius 3 is 2.75 bits per heavy atom. The molecule has 5 aliphatic rings. The Labute approximate surface area is 168 Å². The second kappa shape index (κ2) is 6.29. The van der Waals surface area contributed by atoms with E-state index in [1.54, 1.807) is 18.3 Å². The standard InChI is InChI=1S/C23H35NO4/c1-4-23(27-3)10-9-21(14-28-23)16-7-5-15-6-8-17-18(20(25)26)11-22(21,19(15)17)13-24(2)12-16/h16-18H,4-14H2,1-3H3,(H,25,26). The summed E-state index contributed by atoms with van der Waals surface area (Å²) in [6.45, 7) is 4.98. The Bertz CT molecular complexity index is 701. The summed E-state index contributed by atoms with van der Waals surface area (Å²) >= 11 is 0. The molecule has 0 aromatic carbocycles. The molecule has 1 saturated carbocycles. The van der Waals surface area contributed by atoms with Crippen molar-refractivity contribution in [3.05, 3.63) is 11.1 Å². The maximum absolute atomic E-state index is 12.2. The predicted molar refractivity (Wildman–Crippen MR) is 106 cm³/mol. The van der Waals surface area contributed by atoms with Gasteiger partial charge in [-0.05, 0) is 63.8 Å². The van der Waals surface area contributed by atoms with Crippen LogP contribution in [0.1, 0.15) is 58.3 Å². The van der Waals surface area contributed by atoms with Crippen molar-refractivity contribution in [1.29, 1.82) is 0 Å². The van der Waals surface area contributed by atoms with Gasteiger partial charge in [0.15, 0.2) is 5.79 Å². The van der Waals surface area contributed by atoms with E-state index in [4.69, 9.17) is 9.47 Å². The number of allylic oxidation sites excluding steroid dienone is 1. The van der Waals surface area contributed by atoms with E-state index in [0.717, 1.165) is 58.2 Å². The molecule has 0 aromatic heterocycles. The van der Waals surface area contributed by atoms with Crippen LogP contribution >= 0.6 is 0 Å². The summed E-state index contributed by atoms with van der Waals surface area (Å²) in [5.74, 6) is -0.412. The molecule has 3 aliphatic carbocycles. The third-order valence-corrected chi connectivity index (χ3v) is 9.45. The Morgan fingerprint density at radius 2 is 2.11 bits per heavy atom. The molecule has 156 valence electrons. The van der Waals surface area contributed by atoms with Gasteiger partial charge in [0.25, 0.3) is 0 Å². The minimum absolute atomic E-state index is 0.0195. The van der Waals surface area contributed by atoms with E-state index in [-0.39, 0.29) is 22.7 Å². The number of carboxylic acids is 1. The van der Waals surface area contributed by atoms with Crippen LogP contribution in [0.3, 0.4) is 0 Å². The Kier molecular flexibility index (Phi) is 4.29. The zero-order valence-corrected chi connectivity index (χ0v) is 17.6. The molecule has 2 saturated heterocycles. The van der Waals surface area contributed by atoms with Crippen LogP contribution in [0.25, 0.3) is 0 Å². The van der Waals surface area contributed by atoms with Crippen molar-refractivity contribution in [2.45, 2.75) is 64.1 Å². The van der Waals surface area contributed by atoms with Gasteiger partial charge in [-0.15, -0.1) is 0 Å². The molecule has 2 heterocycles. The van der Waals surface area contributed by atoms with E-state index in [0.29, 0.717) is 5.92 Å². The average Bonchev–Trinajstić information content (AvgIpc) is 3.23. The molecule has 28 heavy (non-hydrogen) atoms. The fourth-order valence-electron chi connectivity index (χ4n) is 8.18. The zero-order chi connectivity index (χ0) is 19.7. The molecule has 0 aromatic rings. The molecule has 5 rings (SSSR count). The number of carboxylic acid groups (broad SMARTS) is 1. The molecule has 5 heteroatoms. The van der Waals surface area contributed by atoms with Gasteiger partial charge in [-0.1, -0.05) is 18.1 Å². The first-order chi connectivity index (χ1) is 13.4. The molecule has 0 amide bonds. The summed E-state index contributed by atoms with van der Waals surface area (Å²) in [6, 6.07) is 0. The second-order valence-electron chi connectivity index (χ2n) is 10.2. The number of ether oxygens (including phenoxy) is 2. The smallest absolute Gasteiger partial charge is 0.307 e. The van der Waals surface area contributed by atoms with Gasteiger partial charge in [0.05, 0.1) is 12.5 Å². The molecule has 2 spiro atoms. The molecular formula is C23H35NO4. The number of nitrogens with zero attached hydrogens (tertiary/aromatic N) is 1. The number of methoxy groups -OCH3 is 1. The van der Waals surface area contributed by atoms with E-state index >= 15 is 0 Å². The molecule has 5 nitrogen and oxygen atoms in total. The van der Waals surface area contributed by atoms with Gasteiger partial charge in [0.2, 0.25) is 0 Å². The SMILES string of the molecule is CCC1(OC)CCC2(CO1)C1CCC3=C4C(CC3)C(C(=O)O)CC42CN(C)C1. The summed E-state index contributed by atoms with van der Waals surface area (Å²) in [7, 11) is 4.01. The third kappa shape index (κ3) is 2.27. The zero-order valence-electron chi connectivity index (χ0n) is 17.6. The number of carbonyl (C=O) groups is 1. The number of aliphatic carboxylic acids is 1. The van der Waals surface area contributed by atoms with Gasteiger partial charge in [-0.3, -0.25) is 4.79 Å². The molecule has 6 atom stereocenters. The number of hydrogen-bond acceptors (Lipinski definition) is 4. The van der Waals surface area contributed by atoms with E-state index in [1.807, 2.05) is 0 Å². The van der Waals surface area contributed by atoms with Crippen molar-refractivity contribution in [2.24, 2.45) is 28.6 Å². The Balaban J connectivity index is 1.63. The summed E-state index contributed by atoms with van der Waals surface area (Å²) < 4.78 is 12.4. The lowest BCUT2D eigenvalue weighted by Crippen LogP contribution is -2.64. The highest BCUT2D eigenvalue weighted by Crippen LogP contribution is 2.71. The van der Waals surface area contributed by atoms with Crippen LogP contribution < -0.4 is 0 Å². The number of hydrogen-bond donors (Lipinski definition) is 1. The van der Waals surface area contributed by atoms with Gasteiger partial charge in [0.1, 0.15) is 0 Å². The molecule has 6 unspecified atom stereocenters. The van der Waals surface area contributed by atoms with Crippen LogP contribution in [-0.4, -0.2) is 55.6 Å². The van der Waals surface area contributed by atoms with Crippen molar-refractivity contribution in [3.63, 3.8) is 0 Å². The summed E-state index contributed by atoms with van der Waals surface area (Å²) in [5, 5.41) is 10.1. The Morgan fingerprint density at radius 1 is 1.32 bits per heavy atom. The summed E-state index contributed by atoms with van der Waals surface area (Å²) in [4.78, 5) is 14.7. The van der Waals surface area contributed by atoms with E-state index in [1.165, 1.54) is 12.8 Å². The first kappa shape index (κ1) is 19.1. The van der Waals surface area contributed by atoms with Crippen molar-refractivity contribution >= 4 is 5.97 Å². The highest BCUT2D eigenvalue weighted by molar-refractivity contribution is 5.73. The lowest BCUT2D eigenvalue weighted by Gasteiger charge is -2.62. The van der Waals surface area contributed by atoms with E-state index in [2.05, 4.69) is 18.9 Å². The second-order valence-corrected chi connectivity index (χ2v) is 10.2. The molecule has 0 radical (unpaired) electrons. The predicted octanol–water partition coefficient (Wildman–Crippen LogP) is 3.69. The summed E-state index contributed by atoms with van der Waals surface area (Å²) in [5.41, 5.74) is 3.23. The van der Waals surface area contributed by atoms with Crippen molar-refractivity contribution in [3.8, 4) is 0 Å². The molecule has 2 aliphatic heterocycles. The molecule has 2 bridgehead atoms.